The van der Waals surface area contributed by atoms with Gasteiger partial charge in [0.15, 0.2) is 11.5 Å². The van der Waals surface area contributed by atoms with Crippen molar-refractivity contribution < 1.29 is 14.3 Å². The lowest BCUT2D eigenvalue weighted by Gasteiger charge is -2.04. The summed E-state index contributed by atoms with van der Waals surface area (Å²) in [5.41, 5.74) is 4.55. The van der Waals surface area contributed by atoms with E-state index in [2.05, 4.69) is 23.2 Å². The highest BCUT2D eigenvalue weighted by molar-refractivity contribution is 5.99. The highest BCUT2D eigenvalue weighted by Gasteiger charge is 2.15. The molecular formula is C17H15NO3. The minimum absolute atomic E-state index is 0.146. The third-order valence-electron chi connectivity index (χ3n) is 3.54. The first-order chi connectivity index (χ1) is 10.0. The molecular weight excluding hydrogens is 266 g/mol. The molecule has 21 heavy (non-hydrogen) atoms. The summed E-state index contributed by atoms with van der Waals surface area (Å²) in [5.74, 6) is -0.470. The van der Waals surface area contributed by atoms with Gasteiger partial charge in [0.2, 0.25) is 0 Å². The van der Waals surface area contributed by atoms with Gasteiger partial charge in [-0.05, 0) is 37.1 Å². The van der Waals surface area contributed by atoms with Crippen molar-refractivity contribution in [2.24, 2.45) is 0 Å². The van der Waals surface area contributed by atoms with Crippen LogP contribution < -0.4 is 0 Å². The van der Waals surface area contributed by atoms with E-state index in [1.165, 1.54) is 17.2 Å². The van der Waals surface area contributed by atoms with Crippen LogP contribution in [0.1, 0.15) is 32.9 Å². The van der Waals surface area contributed by atoms with E-state index in [0.717, 1.165) is 5.56 Å². The molecule has 0 unspecified atom stereocenters. The number of nitrogens with zero attached hydrogens (tertiary/aromatic N) is 1. The number of hydrogen-bond donors (Lipinski definition) is 1. The summed E-state index contributed by atoms with van der Waals surface area (Å²) in [4.78, 5) is 15.6. The Morgan fingerprint density at radius 3 is 2.81 bits per heavy atom. The molecule has 0 radical (unpaired) electrons. The van der Waals surface area contributed by atoms with Crippen molar-refractivity contribution in [3.8, 4) is 0 Å². The molecule has 1 heterocycles. The summed E-state index contributed by atoms with van der Waals surface area (Å²) in [6.07, 6.45) is 0.557. The molecule has 0 fully saturated rings. The van der Waals surface area contributed by atoms with E-state index < -0.39 is 5.97 Å². The van der Waals surface area contributed by atoms with Gasteiger partial charge in [0.1, 0.15) is 11.1 Å². The summed E-state index contributed by atoms with van der Waals surface area (Å²) in [6, 6.07) is 11.2. The number of carbonyl (C=O) groups is 1. The maximum atomic E-state index is 11.2. The van der Waals surface area contributed by atoms with Crippen molar-refractivity contribution >= 4 is 17.1 Å². The van der Waals surface area contributed by atoms with Crippen molar-refractivity contribution in [3.05, 3.63) is 64.5 Å². The molecule has 0 saturated heterocycles. The predicted molar refractivity (Wildman–Crippen MR) is 79.7 cm³/mol. The second-order valence-corrected chi connectivity index (χ2v) is 5.17. The lowest BCUT2D eigenvalue weighted by Crippen LogP contribution is -1.95. The molecule has 0 aliphatic carbocycles. The number of carboxylic acid groups (broad SMARTS) is 1. The van der Waals surface area contributed by atoms with Gasteiger partial charge in [0.25, 0.3) is 0 Å². The molecule has 0 spiro atoms. The smallest absolute Gasteiger partial charge is 0.339 e. The lowest BCUT2D eigenvalue weighted by atomic mass is 10.0. The van der Waals surface area contributed by atoms with E-state index in [9.17, 15) is 9.90 Å². The van der Waals surface area contributed by atoms with Gasteiger partial charge < -0.3 is 9.52 Å². The van der Waals surface area contributed by atoms with Crippen LogP contribution in [0.15, 0.2) is 40.8 Å². The molecule has 0 aliphatic heterocycles. The van der Waals surface area contributed by atoms with Crippen molar-refractivity contribution in [2.75, 3.05) is 0 Å². The van der Waals surface area contributed by atoms with Crippen LogP contribution in [0, 0.1) is 13.8 Å². The summed E-state index contributed by atoms with van der Waals surface area (Å²) >= 11 is 0. The molecule has 3 aromatic rings. The number of aromatic nitrogens is 1. The van der Waals surface area contributed by atoms with Crippen molar-refractivity contribution in [2.45, 2.75) is 20.3 Å². The Morgan fingerprint density at radius 1 is 1.24 bits per heavy atom. The summed E-state index contributed by atoms with van der Waals surface area (Å²) in [5, 5.41) is 9.17. The zero-order valence-corrected chi connectivity index (χ0v) is 11.9. The van der Waals surface area contributed by atoms with Crippen LogP contribution in [-0.4, -0.2) is 16.1 Å². The zero-order valence-electron chi connectivity index (χ0n) is 11.9. The maximum Gasteiger partial charge on any atom is 0.339 e. The topological polar surface area (TPSA) is 63.3 Å². The Balaban J connectivity index is 2.04. The Labute approximate surface area is 122 Å². The number of oxazole rings is 1. The fourth-order valence-electron chi connectivity index (χ4n) is 2.39. The molecule has 0 amide bonds. The van der Waals surface area contributed by atoms with Gasteiger partial charge in [-0.15, -0.1) is 0 Å². The van der Waals surface area contributed by atoms with E-state index in [1.807, 2.05) is 13.8 Å². The molecule has 4 nitrogen and oxygen atoms in total. The normalized spacial score (nSPS) is 11.0. The zero-order chi connectivity index (χ0) is 15.0. The number of carboxylic acids is 1. The molecule has 3 rings (SSSR count). The van der Waals surface area contributed by atoms with Crippen LogP contribution in [-0.2, 0) is 6.42 Å². The second-order valence-electron chi connectivity index (χ2n) is 5.17. The van der Waals surface area contributed by atoms with Gasteiger partial charge in [0, 0.05) is 6.42 Å². The summed E-state index contributed by atoms with van der Waals surface area (Å²) in [7, 11) is 0. The molecule has 1 aromatic heterocycles. The molecule has 0 saturated carbocycles. The monoisotopic (exact) mass is 281 g/mol. The van der Waals surface area contributed by atoms with Crippen LogP contribution >= 0.6 is 0 Å². The van der Waals surface area contributed by atoms with E-state index in [4.69, 9.17) is 4.42 Å². The molecule has 2 aromatic carbocycles. The Morgan fingerprint density at radius 2 is 2.05 bits per heavy atom. The molecule has 0 aliphatic rings. The van der Waals surface area contributed by atoms with E-state index in [0.29, 0.717) is 23.4 Å². The van der Waals surface area contributed by atoms with Crippen molar-refractivity contribution in [1.82, 2.24) is 4.98 Å². The average Bonchev–Trinajstić information content (AvgIpc) is 2.84. The number of rotatable bonds is 3. The van der Waals surface area contributed by atoms with Gasteiger partial charge >= 0.3 is 5.97 Å². The summed E-state index contributed by atoms with van der Waals surface area (Å²) in [6.45, 7) is 4.08. The Kier molecular flexibility index (Phi) is 3.22. The molecule has 1 N–H and O–H groups in total. The van der Waals surface area contributed by atoms with Crippen molar-refractivity contribution in [3.63, 3.8) is 0 Å². The van der Waals surface area contributed by atoms with Crippen LogP contribution in [0.3, 0.4) is 0 Å². The molecule has 0 atom stereocenters. The SMILES string of the molecule is Cc1ccc(C)c(Cc2nc3cccc(C(=O)O)c3o2)c1. The number of aryl methyl sites for hydroxylation is 2. The van der Waals surface area contributed by atoms with Gasteiger partial charge in [0.05, 0.1) is 0 Å². The highest BCUT2D eigenvalue weighted by atomic mass is 16.4. The lowest BCUT2D eigenvalue weighted by molar-refractivity contribution is 0.0698. The number of para-hydroxylation sites is 1. The fraction of sp³-hybridized carbons (Fsp3) is 0.176. The van der Waals surface area contributed by atoms with Gasteiger partial charge in [-0.2, -0.15) is 0 Å². The standard InChI is InChI=1S/C17H15NO3/c1-10-6-7-11(2)12(8-10)9-15-18-14-5-3-4-13(17(19)20)16(14)21-15/h3-8H,9H2,1-2H3,(H,19,20). The third kappa shape index (κ3) is 2.52. The number of hydrogen-bond acceptors (Lipinski definition) is 3. The largest absolute Gasteiger partial charge is 0.478 e. The number of benzene rings is 2. The average molecular weight is 281 g/mol. The minimum atomic E-state index is -1.00. The fourth-order valence-corrected chi connectivity index (χ4v) is 2.39. The van der Waals surface area contributed by atoms with E-state index in [-0.39, 0.29) is 5.56 Å². The van der Waals surface area contributed by atoms with Gasteiger partial charge in [-0.3, -0.25) is 0 Å². The van der Waals surface area contributed by atoms with Crippen LogP contribution in [0.4, 0.5) is 0 Å². The molecule has 106 valence electrons. The van der Waals surface area contributed by atoms with Gasteiger partial charge in [-0.25, -0.2) is 9.78 Å². The second kappa shape index (κ2) is 5.05. The first kappa shape index (κ1) is 13.4. The van der Waals surface area contributed by atoms with Crippen LogP contribution in [0.5, 0.6) is 0 Å². The first-order valence-corrected chi connectivity index (χ1v) is 6.72. The predicted octanol–water partition coefficient (Wildman–Crippen LogP) is 3.73. The molecule has 4 heteroatoms. The molecule has 0 bridgehead atoms. The van der Waals surface area contributed by atoms with Crippen LogP contribution in [0.25, 0.3) is 11.1 Å². The summed E-state index contributed by atoms with van der Waals surface area (Å²) < 4.78 is 5.67. The first-order valence-electron chi connectivity index (χ1n) is 6.72. The maximum absolute atomic E-state index is 11.2. The number of aromatic carboxylic acids is 1. The Bertz CT molecular complexity index is 833. The Hall–Kier alpha value is -2.62. The van der Waals surface area contributed by atoms with Crippen molar-refractivity contribution in [1.29, 1.82) is 0 Å². The van der Waals surface area contributed by atoms with E-state index in [1.54, 1.807) is 12.1 Å². The third-order valence-corrected chi connectivity index (χ3v) is 3.54. The highest BCUT2D eigenvalue weighted by Crippen LogP contribution is 2.23. The van der Waals surface area contributed by atoms with E-state index >= 15 is 0 Å². The van der Waals surface area contributed by atoms with Crippen LogP contribution in [0.2, 0.25) is 0 Å². The number of fused-ring (bicyclic) bond motifs is 1. The quantitative estimate of drug-likeness (QED) is 0.794. The minimum Gasteiger partial charge on any atom is -0.478 e. The van der Waals surface area contributed by atoms with Gasteiger partial charge in [-0.1, -0.05) is 29.8 Å².